The van der Waals surface area contributed by atoms with E-state index in [9.17, 15) is 9.90 Å². The number of fused-ring (bicyclic) bond motifs is 2. The molecule has 1 aliphatic rings. The van der Waals surface area contributed by atoms with E-state index in [1.54, 1.807) is 19.1 Å². The van der Waals surface area contributed by atoms with E-state index < -0.39 is 5.97 Å². The summed E-state index contributed by atoms with van der Waals surface area (Å²) in [5.74, 6) is 0.701. The van der Waals surface area contributed by atoms with Crippen LogP contribution in [0.5, 0.6) is 11.5 Å². The zero-order valence-corrected chi connectivity index (χ0v) is 16.7. The van der Waals surface area contributed by atoms with E-state index in [0.717, 1.165) is 35.4 Å². The summed E-state index contributed by atoms with van der Waals surface area (Å²) in [7, 11) is 1.50. The number of benzene rings is 1. The Morgan fingerprint density at radius 1 is 1.28 bits per heavy atom. The Balaban J connectivity index is 1.77. The van der Waals surface area contributed by atoms with Crippen molar-refractivity contribution in [2.24, 2.45) is 0 Å². The first-order valence-electron chi connectivity index (χ1n) is 9.59. The molecular weight excluding hydrogens is 374 g/mol. The molecule has 152 valence electrons. The number of carbonyl (C=O) groups is 1. The lowest BCUT2D eigenvalue weighted by Gasteiger charge is -2.29. The van der Waals surface area contributed by atoms with Crippen LogP contribution in [0.3, 0.4) is 0 Å². The van der Waals surface area contributed by atoms with Gasteiger partial charge in [0.1, 0.15) is 12.1 Å². The maximum absolute atomic E-state index is 12.4. The smallest absolute Gasteiger partial charge is 0.359 e. The number of rotatable bonds is 5. The minimum atomic E-state index is -0.406. The number of nitrogens with zero attached hydrogens (tertiary/aromatic N) is 5. The number of aromatic nitrogens is 4. The van der Waals surface area contributed by atoms with Crippen molar-refractivity contribution < 1.29 is 19.4 Å². The van der Waals surface area contributed by atoms with Crippen LogP contribution in [0, 0.1) is 0 Å². The van der Waals surface area contributed by atoms with Gasteiger partial charge in [-0.05, 0) is 19.9 Å². The van der Waals surface area contributed by atoms with Crippen LogP contribution in [0.15, 0.2) is 18.5 Å². The lowest BCUT2D eigenvalue weighted by molar-refractivity contribution is 0.0517. The Bertz CT molecular complexity index is 1080. The molecule has 2 aromatic heterocycles. The summed E-state index contributed by atoms with van der Waals surface area (Å²) in [6.45, 7) is 5.98. The fourth-order valence-electron chi connectivity index (χ4n) is 3.77. The summed E-state index contributed by atoms with van der Waals surface area (Å²) >= 11 is 0. The second kappa shape index (κ2) is 7.57. The minimum absolute atomic E-state index is 0.0272. The second-order valence-electron chi connectivity index (χ2n) is 6.72. The Labute approximate surface area is 167 Å². The molecular formula is C20H23N5O4. The highest BCUT2D eigenvalue weighted by molar-refractivity contribution is 5.93. The maximum atomic E-state index is 12.4. The van der Waals surface area contributed by atoms with E-state index in [1.807, 2.05) is 11.6 Å². The molecule has 29 heavy (non-hydrogen) atoms. The first-order valence-corrected chi connectivity index (χ1v) is 9.59. The SMILES string of the molecule is CCOC(=O)c1nn(CC)c2c1CN(c1ncnc3cc(O)c(OC)cc13)CC2. The van der Waals surface area contributed by atoms with Crippen molar-refractivity contribution in [1.29, 1.82) is 0 Å². The number of hydrogen-bond donors (Lipinski definition) is 1. The lowest BCUT2D eigenvalue weighted by atomic mass is 10.0. The predicted molar refractivity (Wildman–Crippen MR) is 106 cm³/mol. The van der Waals surface area contributed by atoms with Gasteiger partial charge >= 0.3 is 5.97 Å². The molecule has 1 N–H and O–H groups in total. The summed E-state index contributed by atoms with van der Waals surface area (Å²) in [5.41, 5.74) is 2.91. The topological polar surface area (TPSA) is 103 Å². The van der Waals surface area contributed by atoms with Crippen LogP contribution in [0.25, 0.3) is 10.9 Å². The van der Waals surface area contributed by atoms with Gasteiger partial charge < -0.3 is 19.5 Å². The standard InChI is InChI=1S/C20H23N5O4/c1-4-25-15-6-7-24(10-13(15)18(23-25)20(27)29-5-2)19-12-8-17(28-3)16(26)9-14(12)21-11-22-19/h8-9,11,26H,4-7,10H2,1-3H3. The third-order valence-corrected chi connectivity index (χ3v) is 5.12. The molecule has 1 aromatic carbocycles. The largest absolute Gasteiger partial charge is 0.504 e. The van der Waals surface area contributed by atoms with Gasteiger partial charge in [0.05, 0.1) is 19.2 Å². The van der Waals surface area contributed by atoms with Gasteiger partial charge in [-0.2, -0.15) is 5.10 Å². The van der Waals surface area contributed by atoms with E-state index in [0.29, 0.717) is 36.7 Å². The van der Waals surface area contributed by atoms with E-state index in [4.69, 9.17) is 9.47 Å². The van der Waals surface area contributed by atoms with Crippen LogP contribution < -0.4 is 9.64 Å². The number of ether oxygens (including phenoxy) is 2. The van der Waals surface area contributed by atoms with E-state index in [-0.39, 0.29) is 5.75 Å². The van der Waals surface area contributed by atoms with Crippen LogP contribution in [0.4, 0.5) is 5.82 Å². The Kier molecular flexibility index (Phi) is 4.96. The highest BCUT2D eigenvalue weighted by Gasteiger charge is 2.29. The third-order valence-electron chi connectivity index (χ3n) is 5.12. The Hall–Kier alpha value is -3.36. The van der Waals surface area contributed by atoms with Crippen molar-refractivity contribution in [2.75, 3.05) is 25.2 Å². The summed E-state index contributed by atoms with van der Waals surface area (Å²) in [5, 5.41) is 15.3. The molecule has 9 nitrogen and oxygen atoms in total. The van der Waals surface area contributed by atoms with Gasteiger partial charge in [-0.3, -0.25) is 4.68 Å². The molecule has 0 aliphatic carbocycles. The molecule has 0 unspecified atom stereocenters. The molecule has 0 saturated heterocycles. The number of aryl methyl sites for hydroxylation is 1. The quantitative estimate of drug-likeness (QED) is 0.654. The first kappa shape index (κ1) is 19.0. The van der Waals surface area contributed by atoms with Gasteiger partial charge in [-0.1, -0.05) is 0 Å². The highest BCUT2D eigenvalue weighted by Crippen LogP contribution is 2.35. The number of aromatic hydroxyl groups is 1. The summed E-state index contributed by atoms with van der Waals surface area (Å²) in [6.07, 6.45) is 2.21. The Morgan fingerprint density at radius 2 is 2.10 bits per heavy atom. The molecule has 0 amide bonds. The molecule has 0 bridgehead atoms. The van der Waals surface area contributed by atoms with Crippen LogP contribution in [0.1, 0.15) is 35.6 Å². The fraction of sp³-hybridized carbons (Fsp3) is 0.400. The van der Waals surface area contributed by atoms with Gasteiger partial charge in [-0.15, -0.1) is 0 Å². The molecule has 0 spiro atoms. The summed E-state index contributed by atoms with van der Waals surface area (Å²) < 4.78 is 12.3. The van der Waals surface area contributed by atoms with E-state index in [1.165, 1.54) is 13.4 Å². The van der Waals surface area contributed by atoms with Gasteiger partial charge in [0, 0.05) is 48.8 Å². The molecule has 0 fully saturated rings. The highest BCUT2D eigenvalue weighted by atomic mass is 16.5. The number of anilines is 1. The third kappa shape index (κ3) is 3.22. The fourth-order valence-corrected chi connectivity index (χ4v) is 3.77. The van der Waals surface area contributed by atoms with Crippen molar-refractivity contribution in [1.82, 2.24) is 19.7 Å². The number of hydrogen-bond acceptors (Lipinski definition) is 8. The van der Waals surface area contributed by atoms with Crippen molar-refractivity contribution >= 4 is 22.7 Å². The molecule has 1 aliphatic heterocycles. The number of esters is 1. The van der Waals surface area contributed by atoms with Crippen molar-refractivity contribution in [3.05, 3.63) is 35.4 Å². The van der Waals surface area contributed by atoms with Crippen LogP contribution in [-0.2, 0) is 24.2 Å². The van der Waals surface area contributed by atoms with Gasteiger partial charge in [0.15, 0.2) is 17.2 Å². The maximum Gasteiger partial charge on any atom is 0.359 e. The summed E-state index contributed by atoms with van der Waals surface area (Å²) in [6, 6.07) is 3.30. The zero-order chi connectivity index (χ0) is 20.5. The predicted octanol–water partition coefficient (Wildman–Crippen LogP) is 2.30. The van der Waals surface area contributed by atoms with Crippen LogP contribution >= 0.6 is 0 Å². The number of methoxy groups -OCH3 is 1. The Morgan fingerprint density at radius 3 is 2.83 bits per heavy atom. The number of phenolic OH excluding ortho intramolecular Hbond substituents is 1. The zero-order valence-electron chi connectivity index (χ0n) is 16.7. The summed E-state index contributed by atoms with van der Waals surface area (Å²) in [4.78, 5) is 23.3. The van der Waals surface area contributed by atoms with Gasteiger partial charge in [-0.25, -0.2) is 14.8 Å². The van der Waals surface area contributed by atoms with Gasteiger partial charge in [0.25, 0.3) is 0 Å². The van der Waals surface area contributed by atoms with E-state index >= 15 is 0 Å². The van der Waals surface area contributed by atoms with Gasteiger partial charge in [0.2, 0.25) is 0 Å². The second-order valence-corrected chi connectivity index (χ2v) is 6.72. The van der Waals surface area contributed by atoms with Crippen LogP contribution in [0.2, 0.25) is 0 Å². The molecule has 3 heterocycles. The minimum Gasteiger partial charge on any atom is -0.504 e. The van der Waals surface area contributed by atoms with Crippen molar-refractivity contribution in [2.45, 2.75) is 33.4 Å². The van der Waals surface area contributed by atoms with Crippen molar-refractivity contribution in [3.63, 3.8) is 0 Å². The molecule has 3 aromatic rings. The number of phenols is 1. The van der Waals surface area contributed by atoms with E-state index in [2.05, 4.69) is 20.0 Å². The molecule has 0 saturated carbocycles. The normalized spacial score (nSPS) is 13.4. The average Bonchev–Trinajstić information content (AvgIpc) is 3.11. The first-order chi connectivity index (χ1) is 14.1. The monoisotopic (exact) mass is 397 g/mol. The molecule has 0 radical (unpaired) electrons. The van der Waals surface area contributed by atoms with Crippen molar-refractivity contribution in [3.8, 4) is 11.5 Å². The number of carbonyl (C=O) groups excluding carboxylic acids is 1. The average molecular weight is 397 g/mol. The molecule has 0 atom stereocenters. The molecule has 9 heteroatoms. The lowest BCUT2D eigenvalue weighted by Crippen LogP contribution is -2.32. The van der Waals surface area contributed by atoms with Crippen LogP contribution in [-0.4, -0.2) is 51.1 Å². The molecule has 4 rings (SSSR count).